The Bertz CT molecular complexity index is 414. The number of hydrogen-bond donors (Lipinski definition) is 1. The predicted molar refractivity (Wildman–Crippen MR) is 78.5 cm³/mol. The molecule has 0 amide bonds. The van der Waals surface area contributed by atoms with Crippen LogP contribution in [0.4, 0.5) is 11.4 Å². The zero-order chi connectivity index (χ0) is 12.4. The minimum Gasteiger partial charge on any atom is -0.385 e. The van der Waals surface area contributed by atoms with Crippen molar-refractivity contribution in [3.63, 3.8) is 0 Å². The molecule has 1 saturated heterocycles. The van der Waals surface area contributed by atoms with Gasteiger partial charge in [0.1, 0.15) is 0 Å². The minimum absolute atomic E-state index is 0.696. The summed E-state index contributed by atoms with van der Waals surface area (Å²) in [7, 11) is 0. The highest BCUT2D eigenvalue weighted by Gasteiger charge is 2.18. The normalized spacial score (nSPS) is 24.1. The van der Waals surface area contributed by atoms with Crippen molar-refractivity contribution >= 4 is 11.4 Å². The summed E-state index contributed by atoms with van der Waals surface area (Å²) in [5, 5.41) is 3.50. The molecule has 3 rings (SSSR count). The molecule has 2 nitrogen and oxygen atoms in total. The van der Waals surface area contributed by atoms with Crippen LogP contribution in [0.15, 0.2) is 18.2 Å². The van der Waals surface area contributed by atoms with E-state index in [4.69, 9.17) is 0 Å². The van der Waals surface area contributed by atoms with Crippen molar-refractivity contribution in [2.75, 3.05) is 23.3 Å². The van der Waals surface area contributed by atoms with E-state index in [2.05, 4.69) is 35.3 Å². The molecule has 0 aliphatic carbocycles. The van der Waals surface area contributed by atoms with E-state index in [0.717, 1.165) is 6.54 Å². The lowest BCUT2D eigenvalue weighted by Crippen LogP contribution is -2.32. The molecule has 0 saturated carbocycles. The van der Waals surface area contributed by atoms with Gasteiger partial charge in [-0.3, -0.25) is 0 Å². The quantitative estimate of drug-likeness (QED) is 0.808. The fraction of sp³-hybridized carbons (Fsp3) is 0.625. The van der Waals surface area contributed by atoms with Gasteiger partial charge in [-0.2, -0.15) is 0 Å². The van der Waals surface area contributed by atoms with Gasteiger partial charge in [0.2, 0.25) is 0 Å². The van der Waals surface area contributed by atoms with Crippen molar-refractivity contribution < 1.29 is 0 Å². The van der Waals surface area contributed by atoms with E-state index < -0.39 is 0 Å². The Morgan fingerprint density at radius 2 is 2.11 bits per heavy atom. The van der Waals surface area contributed by atoms with Crippen LogP contribution in [0.3, 0.4) is 0 Å². The molecule has 1 unspecified atom stereocenters. The second-order valence-electron chi connectivity index (χ2n) is 5.76. The van der Waals surface area contributed by atoms with Crippen LogP contribution in [0.1, 0.15) is 44.6 Å². The first-order valence-corrected chi connectivity index (χ1v) is 7.48. The van der Waals surface area contributed by atoms with Gasteiger partial charge in [0.15, 0.2) is 0 Å². The largest absolute Gasteiger partial charge is 0.385 e. The average molecular weight is 244 g/mol. The van der Waals surface area contributed by atoms with Crippen molar-refractivity contribution in [2.45, 2.75) is 51.5 Å². The first-order valence-electron chi connectivity index (χ1n) is 7.48. The van der Waals surface area contributed by atoms with Crippen LogP contribution in [0.25, 0.3) is 0 Å². The predicted octanol–water partition coefficient (Wildman–Crippen LogP) is 3.81. The van der Waals surface area contributed by atoms with E-state index in [1.165, 1.54) is 62.0 Å². The third-order valence-corrected chi connectivity index (χ3v) is 4.41. The third-order valence-electron chi connectivity index (χ3n) is 4.41. The maximum Gasteiger partial charge on any atom is 0.0374 e. The van der Waals surface area contributed by atoms with Crippen molar-refractivity contribution in [1.82, 2.24) is 0 Å². The second-order valence-corrected chi connectivity index (χ2v) is 5.76. The topological polar surface area (TPSA) is 15.3 Å². The van der Waals surface area contributed by atoms with Gasteiger partial charge in [-0.15, -0.1) is 0 Å². The first kappa shape index (κ1) is 11.9. The highest BCUT2D eigenvalue weighted by molar-refractivity contribution is 5.62. The van der Waals surface area contributed by atoms with Gasteiger partial charge in [0.05, 0.1) is 0 Å². The summed E-state index contributed by atoms with van der Waals surface area (Å²) in [4.78, 5) is 2.61. The number of fused-ring (bicyclic) bond motifs is 1. The van der Waals surface area contributed by atoms with Crippen LogP contribution in [0, 0.1) is 0 Å². The van der Waals surface area contributed by atoms with Crippen molar-refractivity contribution in [3.8, 4) is 0 Å². The molecule has 2 aliphatic heterocycles. The van der Waals surface area contributed by atoms with Crippen LogP contribution in [-0.2, 0) is 6.42 Å². The van der Waals surface area contributed by atoms with E-state index in [1.54, 1.807) is 0 Å². The highest BCUT2D eigenvalue weighted by atomic mass is 15.2. The summed E-state index contributed by atoms with van der Waals surface area (Å²) in [6.07, 6.45) is 7.98. The Kier molecular flexibility index (Phi) is 3.44. The van der Waals surface area contributed by atoms with Gasteiger partial charge in [0.25, 0.3) is 0 Å². The Labute approximate surface area is 110 Å². The molecule has 2 heteroatoms. The molecule has 18 heavy (non-hydrogen) atoms. The van der Waals surface area contributed by atoms with Crippen LogP contribution >= 0.6 is 0 Å². The van der Waals surface area contributed by atoms with Crippen molar-refractivity contribution in [3.05, 3.63) is 23.8 Å². The number of anilines is 2. The van der Waals surface area contributed by atoms with E-state index in [0.29, 0.717) is 6.04 Å². The standard InChI is InChI=1S/C16H24N2/c1-13-6-3-2-4-11-18(13)15-8-9-16-14(12-15)7-5-10-17-16/h8-9,12-13,17H,2-7,10-11H2,1H3. The molecule has 0 aromatic heterocycles. The van der Waals surface area contributed by atoms with Gasteiger partial charge >= 0.3 is 0 Å². The van der Waals surface area contributed by atoms with Crippen LogP contribution in [0.5, 0.6) is 0 Å². The summed E-state index contributed by atoms with van der Waals surface area (Å²) in [5.41, 5.74) is 4.30. The molecule has 1 aromatic rings. The average Bonchev–Trinajstić information content (AvgIpc) is 2.63. The second kappa shape index (κ2) is 5.21. The fourth-order valence-corrected chi connectivity index (χ4v) is 3.30. The fourth-order valence-electron chi connectivity index (χ4n) is 3.30. The molecule has 1 N–H and O–H groups in total. The first-order chi connectivity index (χ1) is 8.84. The lowest BCUT2D eigenvalue weighted by atomic mass is 10.0. The molecule has 98 valence electrons. The SMILES string of the molecule is CC1CCCCCN1c1ccc2c(c1)CCCN2. The number of hydrogen-bond acceptors (Lipinski definition) is 2. The maximum absolute atomic E-state index is 3.50. The monoisotopic (exact) mass is 244 g/mol. The summed E-state index contributed by atoms with van der Waals surface area (Å²) in [5.74, 6) is 0. The molecule has 0 bridgehead atoms. The van der Waals surface area contributed by atoms with Gasteiger partial charge in [0, 0.05) is 30.5 Å². The lowest BCUT2D eigenvalue weighted by molar-refractivity contribution is 0.616. The van der Waals surface area contributed by atoms with E-state index >= 15 is 0 Å². The van der Waals surface area contributed by atoms with Gasteiger partial charge in [-0.1, -0.05) is 12.8 Å². The molecular formula is C16H24N2. The molecule has 1 atom stereocenters. The molecule has 0 spiro atoms. The minimum atomic E-state index is 0.696. The molecular weight excluding hydrogens is 220 g/mol. The lowest BCUT2D eigenvalue weighted by Gasteiger charge is -2.31. The molecule has 1 aromatic carbocycles. The Morgan fingerprint density at radius 3 is 3.06 bits per heavy atom. The molecule has 0 radical (unpaired) electrons. The zero-order valence-corrected chi connectivity index (χ0v) is 11.4. The summed E-state index contributed by atoms with van der Waals surface area (Å²) in [6.45, 7) is 4.74. The number of rotatable bonds is 1. The van der Waals surface area contributed by atoms with Crippen molar-refractivity contribution in [1.29, 1.82) is 0 Å². The van der Waals surface area contributed by atoms with Crippen molar-refractivity contribution in [2.24, 2.45) is 0 Å². The molecule has 2 aliphatic rings. The highest BCUT2D eigenvalue weighted by Crippen LogP contribution is 2.30. The van der Waals surface area contributed by atoms with Crippen LogP contribution in [-0.4, -0.2) is 19.1 Å². The van der Waals surface area contributed by atoms with E-state index in [1.807, 2.05) is 0 Å². The molecule has 2 heterocycles. The Hall–Kier alpha value is -1.18. The van der Waals surface area contributed by atoms with Gasteiger partial charge in [-0.25, -0.2) is 0 Å². The van der Waals surface area contributed by atoms with Gasteiger partial charge in [-0.05, 0) is 56.4 Å². The summed E-state index contributed by atoms with van der Waals surface area (Å²) >= 11 is 0. The van der Waals surface area contributed by atoms with Crippen LogP contribution < -0.4 is 10.2 Å². The molecule has 1 fully saturated rings. The number of aryl methyl sites for hydroxylation is 1. The third kappa shape index (κ3) is 2.33. The number of benzene rings is 1. The smallest absolute Gasteiger partial charge is 0.0374 e. The van der Waals surface area contributed by atoms with E-state index in [-0.39, 0.29) is 0 Å². The zero-order valence-electron chi connectivity index (χ0n) is 11.4. The Balaban J connectivity index is 1.86. The van der Waals surface area contributed by atoms with E-state index in [9.17, 15) is 0 Å². The summed E-state index contributed by atoms with van der Waals surface area (Å²) in [6, 6.07) is 7.70. The maximum atomic E-state index is 3.50. The summed E-state index contributed by atoms with van der Waals surface area (Å²) < 4.78 is 0. The van der Waals surface area contributed by atoms with Crippen LogP contribution in [0.2, 0.25) is 0 Å². The number of nitrogens with zero attached hydrogens (tertiary/aromatic N) is 1. The Morgan fingerprint density at radius 1 is 1.17 bits per heavy atom. The number of nitrogens with one attached hydrogen (secondary N) is 1. The van der Waals surface area contributed by atoms with Gasteiger partial charge < -0.3 is 10.2 Å².